The third kappa shape index (κ3) is 3.71. The van der Waals surface area contributed by atoms with Crippen LogP contribution < -0.4 is 5.32 Å². The van der Waals surface area contributed by atoms with Crippen LogP contribution in [-0.2, 0) is 0 Å². The first-order valence-electron chi connectivity index (χ1n) is 6.86. The second-order valence-electron chi connectivity index (χ2n) is 5.32. The van der Waals surface area contributed by atoms with Gasteiger partial charge in [-0.05, 0) is 51.1 Å². The molecule has 0 amide bonds. The first-order chi connectivity index (χ1) is 8.66. The topological polar surface area (TPSA) is 15.3 Å². The molecule has 18 heavy (non-hydrogen) atoms. The van der Waals surface area contributed by atoms with Gasteiger partial charge >= 0.3 is 0 Å². The lowest BCUT2D eigenvalue weighted by atomic mass is 10.0. The van der Waals surface area contributed by atoms with Crippen molar-refractivity contribution in [3.63, 3.8) is 0 Å². The summed E-state index contributed by atoms with van der Waals surface area (Å²) in [5.41, 5.74) is 1.29. The summed E-state index contributed by atoms with van der Waals surface area (Å²) in [5.74, 6) is 0. The molecule has 1 saturated heterocycles. The van der Waals surface area contributed by atoms with E-state index < -0.39 is 0 Å². The van der Waals surface area contributed by atoms with Crippen LogP contribution in [0.5, 0.6) is 0 Å². The largest absolute Gasteiger partial charge is 0.313 e. The molecule has 100 valence electrons. The van der Waals surface area contributed by atoms with E-state index in [1.807, 2.05) is 12.1 Å². The highest BCUT2D eigenvalue weighted by Gasteiger charge is 2.18. The number of halogens is 1. The average Bonchev–Trinajstić information content (AvgIpc) is 2.39. The van der Waals surface area contributed by atoms with Gasteiger partial charge in [-0.15, -0.1) is 0 Å². The Morgan fingerprint density at radius 1 is 1.44 bits per heavy atom. The quantitative estimate of drug-likeness (QED) is 0.898. The predicted octanol–water partition coefficient (Wildman–Crippen LogP) is 3.47. The standard InChI is InChI=1S/C15H23ClN2/c1-12(13-6-5-7-14(16)10-13)18(2)11-15-8-3-4-9-17-15/h5-7,10,12,15,17H,3-4,8-9,11H2,1-2H3/t12?,15-/m0/s1. The van der Waals surface area contributed by atoms with Crippen molar-refractivity contribution in [1.82, 2.24) is 10.2 Å². The molecule has 0 aromatic heterocycles. The van der Waals surface area contributed by atoms with Crippen molar-refractivity contribution in [3.8, 4) is 0 Å². The Morgan fingerprint density at radius 2 is 2.28 bits per heavy atom. The van der Waals surface area contributed by atoms with E-state index in [2.05, 4.69) is 36.3 Å². The first-order valence-corrected chi connectivity index (χ1v) is 7.23. The van der Waals surface area contributed by atoms with Gasteiger partial charge < -0.3 is 5.32 Å². The number of nitrogens with zero attached hydrogens (tertiary/aromatic N) is 1. The molecule has 1 aliphatic rings. The number of hydrogen-bond donors (Lipinski definition) is 1. The Bertz CT molecular complexity index is 375. The smallest absolute Gasteiger partial charge is 0.0409 e. The van der Waals surface area contributed by atoms with Gasteiger partial charge in [0.15, 0.2) is 0 Å². The van der Waals surface area contributed by atoms with Gasteiger partial charge in [0, 0.05) is 23.7 Å². The Kier molecular flexibility index (Phi) is 5.04. The fourth-order valence-electron chi connectivity index (χ4n) is 2.61. The normalized spacial score (nSPS) is 22.1. The molecule has 0 saturated carbocycles. The summed E-state index contributed by atoms with van der Waals surface area (Å²) >= 11 is 6.05. The molecule has 1 N–H and O–H groups in total. The summed E-state index contributed by atoms with van der Waals surface area (Å²) in [7, 11) is 2.20. The molecule has 1 unspecified atom stereocenters. The third-order valence-corrected chi connectivity index (χ3v) is 4.15. The van der Waals surface area contributed by atoms with Gasteiger partial charge in [0.05, 0.1) is 0 Å². The molecule has 2 rings (SSSR count). The molecule has 2 atom stereocenters. The Hall–Kier alpha value is -0.570. The average molecular weight is 267 g/mol. The molecule has 3 heteroatoms. The molecule has 0 aliphatic carbocycles. The van der Waals surface area contributed by atoms with Crippen LogP contribution in [0.15, 0.2) is 24.3 Å². The number of hydrogen-bond acceptors (Lipinski definition) is 2. The summed E-state index contributed by atoms with van der Waals surface area (Å²) in [6.45, 7) is 4.52. The SMILES string of the molecule is CC(c1cccc(Cl)c1)N(C)C[C@@H]1CCCCN1. The molecule has 1 heterocycles. The van der Waals surface area contributed by atoms with Crippen molar-refractivity contribution in [2.45, 2.75) is 38.3 Å². The fourth-order valence-corrected chi connectivity index (χ4v) is 2.81. The molecular formula is C15H23ClN2. The Labute approximate surface area is 115 Å². The number of nitrogens with one attached hydrogen (secondary N) is 1. The van der Waals surface area contributed by atoms with Crippen LogP contribution >= 0.6 is 11.6 Å². The van der Waals surface area contributed by atoms with Crippen molar-refractivity contribution in [3.05, 3.63) is 34.9 Å². The van der Waals surface area contributed by atoms with E-state index in [1.165, 1.54) is 31.4 Å². The van der Waals surface area contributed by atoms with Crippen molar-refractivity contribution >= 4 is 11.6 Å². The summed E-state index contributed by atoms with van der Waals surface area (Å²) in [5, 5.41) is 4.42. The van der Waals surface area contributed by atoms with Crippen LogP contribution in [-0.4, -0.2) is 31.1 Å². The van der Waals surface area contributed by atoms with Gasteiger partial charge in [0.1, 0.15) is 0 Å². The summed E-state index contributed by atoms with van der Waals surface area (Å²) in [4.78, 5) is 2.41. The van der Waals surface area contributed by atoms with Crippen LogP contribution in [0.25, 0.3) is 0 Å². The number of piperidine rings is 1. The highest BCUT2D eigenvalue weighted by molar-refractivity contribution is 6.30. The van der Waals surface area contributed by atoms with E-state index in [0.717, 1.165) is 11.6 Å². The fraction of sp³-hybridized carbons (Fsp3) is 0.600. The zero-order valence-electron chi connectivity index (χ0n) is 11.3. The predicted molar refractivity (Wildman–Crippen MR) is 78.1 cm³/mol. The molecule has 1 aromatic rings. The van der Waals surface area contributed by atoms with Gasteiger partial charge in [-0.2, -0.15) is 0 Å². The van der Waals surface area contributed by atoms with Crippen LogP contribution in [0, 0.1) is 0 Å². The molecule has 0 radical (unpaired) electrons. The number of rotatable bonds is 4. The first kappa shape index (κ1) is 13.9. The van der Waals surface area contributed by atoms with Gasteiger partial charge in [0.25, 0.3) is 0 Å². The summed E-state index contributed by atoms with van der Waals surface area (Å²) in [6, 6.07) is 9.23. The van der Waals surface area contributed by atoms with Crippen LogP contribution in [0.1, 0.15) is 37.8 Å². The van der Waals surface area contributed by atoms with E-state index in [1.54, 1.807) is 0 Å². The number of likely N-dealkylation sites (N-methyl/N-ethyl adjacent to an activating group) is 1. The van der Waals surface area contributed by atoms with E-state index in [-0.39, 0.29) is 0 Å². The van der Waals surface area contributed by atoms with Crippen molar-refractivity contribution in [1.29, 1.82) is 0 Å². The molecule has 0 spiro atoms. The summed E-state index contributed by atoms with van der Waals surface area (Å²) < 4.78 is 0. The van der Waals surface area contributed by atoms with E-state index in [0.29, 0.717) is 12.1 Å². The Balaban J connectivity index is 1.93. The molecule has 1 aliphatic heterocycles. The summed E-state index contributed by atoms with van der Waals surface area (Å²) in [6.07, 6.45) is 3.98. The highest BCUT2D eigenvalue weighted by atomic mass is 35.5. The lowest BCUT2D eigenvalue weighted by Gasteiger charge is -2.32. The lowest BCUT2D eigenvalue weighted by molar-refractivity contribution is 0.215. The molecular weight excluding hydrogens is 244 g/mol. The lowest BCUT2D eigenvalue weighted by Crippen LogP contribution is -2.43. The van der Waals surface area contributed by atoms with E-state index in [4.69, 9.17) is 11.6 Å². The molecule has 1 fully saturated rings. The maximum absolute atomic E-state index is 6.05. The maximum atomic E-state index is 6.05. The third-order valence-electron chi connectivity index (χ3n) is 3.91. The van der Waals surface area contributed by atoms with Crippen LogP contribution in [0.4, 0.5) is 0 Å². The minimum atomic E-state index is 0.410. The van der Waals surface area contributed by atoms with Crippen LogP contribution in [0.2, 0.25) is 5.02 Å². The van der Waals surface area contributed by atoms with Gasteiger partial charge in [-0.1, -0.05) is 30.2 Å². The zero-order chi connectivity index (χ0) is 13.0. The second-order valence-corrected chi connectivity index (χ2v) is 5.75. The minimum Gasteiger partial charge on any atom is -0.313 e. The Morgan fingerprint density at radius 3 is 2.94 bits per heavy atom. The van der Waals surface area contributed by atoms with Crippen LogP contribution in [0.3, 0.4) is 0 Å². The van der Waals surface area contributed by atoms with Gasteiger partial charge in [-0.25, -0.2) is 0 Å². The van der Waals surface area contributed by atoms with E-state index in [9.17, 15) is 0 Å². The van der Waals surface area contributed by atoms with Crippen molar-refractivity contribution in [2.75, 3.05) is 20.1 Å². The van der Waals surface area contributed by atoms with Crippen molar-refractivity contribution in [2.24, 2.45) is 0 Å². The van der Waals surface area contributed by atoms with Gasteiger partial charge in [0.2, 0.25) is 0 Å². The molecule has 1 aromatic carbocycles. The monoisotopic (exact) mass is 266 g/mol. The van der Waals surface area contributed by atoms with E-state index >= 15 is 0 Å². The van der Waals surface area contributed by atoms with Gasteiger partial charge in [-0.3, -0.25) is 4.90 Å². The zero-order valence-corrected chi connectivity index (χ0v) is 12.1. The maximum Gasteiger partial charge on any atom is 0.0409 e. The number of benzene rings is 1. The minimum absolute atomic E-state index is 0.410. The second kappa shape index (κ2) is 6.55. The molecule has 2 nitrogen and oxygen atoms in total. The van der Waals surface area contributed by atoms with Crippen molar-refractivity contribution < 1.29 is 0 Å². The molecule has 0 bridgehead atoms. The highest BCUT2D eigenvalue weighted by Crippen LogP contribution is 2.22.